The maximum atomic E-state index is 11.0. The van der Waals surface area contributed by atoms with Crippen molar-refractivity contribution in [3.8, 4) is 0 Å². The van der Waals surface area contributed by atoms with Crippen LogP contribution in [0.4, 0.5) is 11.4 Å². The van der Waals surface area contributed by atoms with Crippen LogP contribution < -0.4 is 5.43 Å². The molecule has 0 spiro atoms. The maximum Gasteiger partial charge on any atom is 0.294 e. The molecule has 0 atom stereocenters. The fourth-order valence-electron chi connectivity index (χ4n) is 2.73. The smallest absolute Gasteiger partial charge is 0.271 e. The maximum absolute atomic E-state index is 11.0. The van der Waals surface area contributed by atoms with E-state index in [9.17, 15) is 10.1 Å². The number of nitrogens with zero attached hydrogens (tertiary/aromatic N) is 2. The molecule has 1 aliphatic carbocycles. The highest BCUT2D eigenvalue weighted by atomic mass is 16.6. The Morgan fingerprint density at radius 1 is 1.00 bits per heavy atom. The number of hydrogen-bond donors (Lipinski definition) is 1. The molecule has 0 bridgehead atoms. The number of nitro groups is 1. The highest BCUT2D eigenvalue weighted by Gasteiger charge is 2.15. The summed E-state index contributed by atoms with van der Waals surface area (Å²) in [7, 11) is 0. The van der Waals surface area contributed by atoms with Crippen molar-refractivity contribution in [2.75, 3.05) is 5.43 Å². The van der Waals surface area contributed by atoms with Crippen LogP contribution in [0.1, 0.15) is 30.4 Å². The summed E-state index contributed by atoms with van der Waals surface area (Å²) in [5.41, 5.74) is 6.74. The molecule has 3 rings (SSSR count). The highest BCUT2D eigenvalue weighted by molar-refractivity contribution is 6.02. The molecule has 0 radical (unpaired) electrons. The SMILES string of the molecule is O=[N+]([O-])c1ccccc1NN=C1CCCCc2ccccc21. The van der Waals surface area contributed by atoms with Crippen molar-refractivity contribution in [2.45, 2.75) is 25.7 Å². The lowest BCUT2D eigenvalue weighted by Gasteiger charge is -2.08. The quantitative estimate of drug-likeness (QED) is 0.525. The van der Waals surface area contributed by atoms with Crippen LogP contribution in [-0.2, 0) is 6.42 Å². The average Bonchev–Trinajstić information content (AvgIpc) is 2.75. The van der Waals surface area contributed by atoms with Gasteiger partial charge >= 0.3 is 0 Å². The molecule has 1 N–H and O–H groups in total. The molecule has 0 aromatic heterocycles. The number of hydrogen-bond acceptors (Lipinski definition) is 4. The normalized spacial score (nSPS) is 15.9. The van der Waals surface area contributed by atoms with E-state index in [2.05, 4.69) is 22.7 Å². The van der Waals surface area contributed by atoms with Gasteiger partial charge in [0.2, 0.25) is 0 Å². The van der Waals surface area contributed by atoms with E-state index in [-0.39, 0.29) is 5.69 Å². The molecular formula is C17H17N3O2. The fraction of sp³-hybridized carbons (Fsp3) is 0.235. The number of fused-ring (bicyclic) bond motifs is 1. The standard InChI is InChI=1S/C17H17N3O2/c21-20(22)17-12-6-5-11-16(17)19-18-15-10-4-2-8-13-7-1-3-9-14(13)15/h1,3,5-7,9,11-12,19H,2,4,8,10H2. The molecule has 1 aliphatic rings. The van der Waals surface area contributed by atoms with E-state index in [4.69, 9.17) is 0 Å². The average molecular weight is 295 g/mol. The molecule has 0 amide bonds. The second kappa shape index (κ2) is 6.39. The molecule has 5 nitrogen and oxygen atoms in total. The third kappa shape index (κ3) is 2.98. The van der Waals surface area contributed by atoms with Crippen LogP contribution in [0.25, 0.3) is 0 Å². The molecule has 2 aromatic rings. The summed E-state index contributed by atoms with van der Waals surface area (Å²) in [6.07, 6.45) is 4.15. The first-order chi connectivity index (χ1) is 10.8. The summed E-state index contributed by atoms with van der Waals surface area (Å²) < 4.78 is 0. The van der Waals surface area contributed by atoms with Gasteiger partial charge in [0.25, 0.3) is 5.69 Å². The van der Waals surface area contributed by atoms with Gasteiger partial charge < -0.3 is 0 Å². The summed E-state index contributed by atoms with van der Waals surface area (Å²) in [5, 5.41) is 15.5. The van der Waals surface area contributed by atoms with Gasteiger partial charge in [-0.2, -0.15) is 5.10 Å². The zero-order valence-corrected chi connectivity index (χ0v) is 12.2. The third-order valence-corrected chi connectivity index (χ3v) is 3.85. The van der Waals surface area contributed by atoms with Crippen LogP contribution >= 0.6 is 0 Å². The summed E-state index contributed by atoms with van der Waals surface area (Å²) >= 11 is 0. The van der Waals surface area contributed by atoms with Crippen LogP contribution in [0.15, 0.2) is 53.6 Å². The first-order valence-electron chi connectivity index (χ1n) is 7.40. The van der Waals surface area contributed by atoms with E-state index in [1.807, 2.05) is 12.1 Å². The minimum atomic E-state index is -0.399. The number of nitrogens with one attached hydrogen (secondary N) is 1. The zero-order chi connectivity index (χ0) is 15.4. The van der Waals surface area contributed by atoms with Crippen molar-refractivity contribution in [1.82, 2.24) is 0 Å². The number of nitro benzene ring substituents is 1. The van der Waals surface area contributed by atoms with E-state index in [1.165, 1.54) is 11.6 Å². The summed E-state index contributed by atoms with van der Waals surface area (Å²) in [6, 6.07) is 14.8. The Morgan fingerprint density at radius 2 is 1.73 bits per heavy atom. The Bertz CT molecular complexity index is 725. The van der Waals surface area contributed by atoms with Crippen molar-refractivity contribution in [2.24, 2.45) is 5.10 Å². The van der Waals surface area contributed by atoms with Crippen LogP contribution in [0.3, 0.4) is 0 Å². The monoisotopic (exact) mass is 295 g/mol. The van der Waals surface area contributed by atoms with Gasteiger partial charge in [-0.05, 0) is 37.3 Å². The van der Waals surface area contributed by atoms with Crippen molar-refractivity contribution >= 4 is 17.1 Å². The second-order valence-corrected chi connectivity index (χ2v) is 5.31. The summed E-state index contributed by atoms with van der Waals surface area (Å²) in [6.45, 7) is 0. The molecule has 0 heterocycles. The first-order valence-corrected chi connectivity index (χ1v) is 7.40. The zero-order valence-electron chi connectivity index (χ0n) is 12.2. The van der Waals surface area contributed by atoms with Crippen molar-refractivity contribution in [3.05, 3.63) is 69.8 Å². The molecule has 112 valence electrons. The summed E-state index contributed by atoms with van der Waals surface area (Å²) in [5.74, 6) is 0. The minimum absolute atomic E-state index is 0.0359. The van der Waals surface area contributed by atoms with Crippen molar-refractivity contribution in [1.29, 1.82) is 0 Å². The number of benzene rings is 2. The van der Waals surface area contributed by atoms with Gasteiger partial charge in [-0.1, -0.05) is 36.4 Å². The molecule has 5 heteroatoms. The van der Waals surface area contributed by atoms with Gasteiger partial charge in [-0.25, -0.2) is 0 Å². The van der Waals surface area contributed by atoms with Crippen molar-refractivity contribution < 1.29 is 4.92 Å². The Kier molecular flexibility index (Phi) is 4.14. The largest absolute Gasteiger partial charge is 0.294 e. The van der Waals surface area contributed by atoms with E-state index in [0.29, 0.717) is 5.69 Å². The van der Waals surface area contributed by atoms with Crippen LogP contribution in [-0.4, -0.2) is 10.6 Å². The second-order valence-electron chi connectivity index (χ2n) is 5.31. The van der Waals surface area contributed by atoms with Crippen molar-refractivity contribution in [3.63, 3.8) is 0 Å². The van der Waals surface area contributed by atoms with E-state index < -0.39 is 4.92 Å². The first kappa shape index (κ1) is 14.3. The lowest BCUT2D eigenvalue weighted by atomic mass is 10.0. The van der Waals surface area contributed by atoms with Gasteiger partial charge in [-0.3, -0.25) is 15.5 Å². The molecule has 0 aliphatic heterocycles. The van der Waals surface area contributed by atoms with Gasteiger partial charge in [0.15, 0.2) is 0 Å². The molecule has 0 unspecified atom stereocenters. The topological polar surface area (TPSA) is 67.5 Å². The number of rotatable bonds is 3. The third-order valence-electron chi connectivity index (χ3n) is 3.85. The number of para-hydroxylation sites is 2. The van der Waals surface area contributed by atoms with Crippen LogP contribution in [0.5, 0.6) is 0 Å². The van der Waals surface area contributed by atoms with E-state index >= 15 is 0 Å². The molecule has 22 heavy (non-hydrogen) atoms. The predicted molar refractivity (Wildman–Crippen MR) is 87.3 cm³/mol. The fourth-order valence-corrected chi connectivity index (χ4v) is 2.73. The van der Waals surface area contributed by atoms with E-state index in [0.717, 1.165) is 37.0 Å². The lowest BCUT2D eigenvalue weighted by molar-refractivity contribution is -0.384. The molecule has 2 aromatic carbocycles. The highest BCUT2D eigenvalue weighted by Crippen LogP contribution is 2.25. The summed E-state index contributed by atoms with van der Waals surface area (Å²) in [4.78, 5) is 10.6. The molecular weight excluding hydrogens is 278 g/mol. The number of hydrazone groups is 1. The number of aryl methyl sites for hydroxylation is 1. The Hall–Kier alpha value is -2.69. The molecule has 0 saturated carbocycles. The van der Waals surface area contributed by atoms with Gasteiger partial charge in [0.1, 0.15) is 5.69 Å². The van der Waals surface area contributed by atoms with Crippen LogP contribution in [0.2, 0.25) is 0 Å². The van der Waals surface area contributed by atoms with Gasteiger partial charge in [0.05, 0.1) is 10.6 Å². The molecule has 0 fully saturated rings. The minimum Gasteiger partial charge on any atom is -0.271 e. The lowest BCUT2D eigenvalue weighted by Crippen LogP contribution is -2.06. The van der Waals surface area contributed by atoms with Crippen LogP contribution in [0, 0.1) is 10.1 Å². The molecule has 0 saturated heterocycles. The van der Waals surface area contributed by atoms with Gasteiger partial charge in [-0.15, -0.1) is 0 Å². The Morgan fingerprint density at radius 3 is 2.59 bits per heavy atom. The van der Waals surface area contributed by atoms with Gasteiger partial charge in [0, 0.05) is 11.6 Å². The Labute approximate surface area is 128 Å². The Balaban J connectivity index is 1.92. The predicted octanol–water partition coefficient (Wildman–Crippen LogP) is 4.14. The van der Waals surface area contributed by atoms with E-state index in [1.54, 1.807) is 18.2 Å². The number of anilines is 1.